The number of fused-ring (bicyclic) bond motifs is 1. The van der Waals surface area contributed by atoms with Crippen LogP contribution >= 0.6 is 27.5 Å². The summed E-state index contributed by atoms with van der Waals surface area (Å²) in [7, 11) is 0. The van der Waals surface area contributed by atoms with Crippen molar-refractivity contribution >= 4 is 38.6 Å². The van der Waals surface area contributed by atoms with E-state index in [4.69, 9.17) is 16.0 Å². The summed E-state index contributed by atoms with van der Waals surface area (Å²) < 4.78 is 6.11. The maximum atomic E-state index is 11.2. The Kier molecular flexibility index (Phi) is 3.44. The molecule has 0 aliphatic rings. The Bertz CT molecular complexity index is 837. The first-order valence-corrected chi connectivity index (χ1v) is 7.30. The SMILES string of the molecule is Cc1cc(C(Cl)c2ccc3[nH]c(=O)oc3c2)ccc1Br. The lowest BCUT2D eigenvalue weighted by Crippen LogP contribution is -1.94. The van der Waals surface area contributed by atoms with Crippen molar-refractivity contribution in [3.8, 4) is 0 Å². The number of aromatic amines is 1. The summed E-state index contributed by atoms with van der Waals surface area (Å²) >= 11 is 9.99. The van der Waals surface area contributed by atoms with E-state index in [1.165, 1.54) is 0 Å². The molecule has 0 aliphatic heterocycles. The van der Waals surface area contributed by atoms with Crippen LogP contribution in [0.1, 0.15) is 22.1 Å². The molecule has 1 heterocycles. The number of alkyl halides is 1. The van der Waals surface area contributed by atoms with Crippen molar-refractivity contribution in [3.63, 3.8) is 0 Å². The van der Waals surface area contributed by atoms with E-state index in [-0.39, 0.29) is 5.38 Å². The molecule has 0 spiro atoms. The van der Waals surface area contributed by atoms with E-state index in [1.54, 1.807) is 12.1 Å². The maximum Gasteiger partial charge on any atom is 0.417 e. The van der Waals surface area contributed by atoms with Crippen LogP contribution in [0.15, 0.2) is 50.1 Å². The van der Waals surface area contributed by atoms with Crippen molar-refractivity contribution in [2.45, 2.75) is 12.3 Å². The Morgan fingerprint density at radius 3 is 2.65 bits per heavy atom. The van der Waals surface area contributed by atoms with Crippen molar-refractivity contribution in [1.29, 1.82) is 0 Å². The minimum atomic E-state index is -0.456. The van der Waals surface area contributed by atoms with Gasteiger partial charge in [-0.25, -0.2) is 4.79 Å². The normalized spacial score (nSPS) is 12.8. The Balaban J connectivity index is 2.04. The van der Waals surface area contributed by atoms with E-state index in [2.05, 4.69) is 20.9 Å². The molecule has 5 heteroatoms. The Labute approximate surface area is 128 Å². The number of H-pyrrole nitrogens is 1. The molecule has 0 radical (unpaired) electrons. The monoisotopic (exact) mass is 351 g/mol. The van der Waals surface area contributed by atoms with Gasteiger partial charge in [-0.05, 0) is 41.8 Å². The molecule has 0 saturated heterocycles. The van der Waals surface area contributed by atoms with Crippen LogP contribution in [0, 0.1) is 6.92 Å². The van der Waals surface area contributed by atoms with Crippen LogP contribution in [-0.4, -0.2) is 4.98 Å². The second-order valence-electron chi connectivity index (χ2n) is 4.64. The number of aryl methyl sites for hydroxylation is 1. The van der Waals surface area contributed by atoms with E-state index >= 15 is 0 Å². The largest absolute Gasteiger partial charge is 0.417 e. The van der Waals surface area contributed by atoms with Gasteiger partial charge in [-0.2, -0.15) is 0 Å². The summed E-state index contributed by atoms with van der Waals surface area (Å²) in [5.74, 6) is -0.456. The molecule has 0 bridgehead atoms. The molecule has 1 unspecified atom stereocenters. The van der Waals surface area contributed by atoms with Gasteiger partial charge >= 0.3 is 5.76 Å². The second kappa shape index (κ2) is 5.11. The van der Waals surface area contributed by atoms with Gasteiger partial charge in [0.05, 0.1) is 10.9 Å². The molecule has 1 N–H and O–H groups in total. The first-order chi connectivity index (χ1) is 9.54. The highest BCUT2D eigenvalue weighted by Gasteiger charge is 2.13. The quantitative estimate of drug-likeness (QED) is 0.689. The number of oxazole rings is 1. The molecule has 0 fully saturated rings. The highest BCUT2D eigenvalue weighted by Crippen LogP contribution is 2.32. The first kappa shape index (κ1) is 13.5. The summed E-state index contributed by atoms with van der Waals surface area (Å²) in [6, 6.07) is 11.5. The molecule has 3 aromatic rings. The molecule has 0 aliphatic carbocycles. The molecule has 20 heavy (non-hydrogen) atoms. The molecule has 3 rings (SSSR count). The standard InChI is InChI=1S/C15H11BrClNO2/c1-8-6-9(2-4-11(8)16)14(17)10-3-5-12-13(7-10)20-15(19)18-12/h2-7,14H,1H3,(H,18,19). The molecule has 102 valence electrons. The van der Waals surface area contributed by atoms with Gasteiger partial charge in [0.15, 0.2) is 5.58 Å². The van der Waals surface area contributed by atoms with Crippen molar-refractivity contribution in [2.75, 3.05) is 0 Å². The predicted octanol–water partition coefficient (Wildman–Crippen LogP) is 4.52. The van der Waals surface area contributed by atoms with Gasteiger partial charge in [-0.15, -0.1) is 11.6 Å². The van der Waals surface area contributed by atoms with Crippen LogP contribution in [0.4, 0.5) is 0 Å². The van der Waals surface area contributed by atoms with E-state index in [0.717, 1.165) is 21.2 Å². The van der Waals surface area contributed by atoms with Gasteiger partial charge in [-0.3, -0.25) is 4.98 Å². The minimum absolute atomic E-state index is 0.286. The number of halogens is 2. The van der Waals surface area contributed by atoms with E-state index in [9.17, 15) is 4.79 Å². The highest BCUT2D eigenvalue weighted by molar-refractivity contribution is 9.10. The van der Waals surface area contributed by atoms with Crippen LogP contribution in [-0.2, 0) is 0 Å². The summed E-state index contributed by atoms with van der Waals surface area (Å²) in [4.78, 5) is 13.8. The molecule has 2 aromatic carbocycles. The third kappa shape index (κ3) is 2.41. The summed E-state index contributed by atoms with van der Waals surface area (Å²) in [5, 5.41) is -0.286. The van der Waals surface area contributed by atoms with Gasteiger partial charge < -0.3 is 4.42 Å². The highest BCUT2D eigenvalue weighted by atomic mass is 79.9. The summed E-state index contributed by atoms with van der Waals surface area (Å²) in [5.41, 5.74) is 4.22. The predicted molar refractivity (Wildman–Crippen MR) is 83.4 cm³/mol. The molecule has 3 nitrogen and oxygen atoms in total. The number of nitrogens with one attached hydrogen (secondary N) is 1. The van der Waals surface area contributed by atoms with Crippen LogP contribution in [0.5, 0.6) is 0 Å². The molecule has 0 amide bonds. The zero-order valence-corrected chi connectivity index (χ0v) is 13.0. The van der Waals surface area contributed by atoms with Gasteiger partial charge in [0, 0.05) is 4.47 Å². The van der Waals surface area contributed by atoms with E-state index < -0.39 is 5.76 Å². The van der Waals surface area contributed by atoms with E-state index in [1.807, 2.05) is 31.2 Å². The molecular weight excluding hydrogens is 342 g/mol. The minimum Gasteiger partial charge on any atom is -0.408 e. The number of hydrogen-bond donors (Lipinski definition) is 1. The topological polar surface area (TPSA) is 46.0 Å². The molecule has 1 atom stereocenters. The van der Waals surface area contributed by atoms with Gasteiger partial charge in [0.25, 0.3) is 0 Å². The van der Waals surface area contributed by atoms with Crippen LogP contribution < -0.4 is 5.76 Å². The molecule has 1 aromatic heterocycles. The molecule has 0 saturated carbocycles. The lowest BCUT2D eigenvalue weighted by atomic mass is 10.0. The van der Waals surface area contributed by atoms with Crippen LogP contribution in [0.3, 0.4) is 0 Å². The van der Waals surface area contributed by atoms with E-state index in [0.29, 0.717) is 11.1 Å². The maximum absolute atomic E-state index is 11.2. The fourth-order valence-electron chi connectivity index (χ4n) is 2.14. The Morgan fingerprint density at radius 1 is 1.20 bits per heavy atom. The molecular formula is C15H11BrClNO2. The third-order valence-corrected chi connectivity index (χ3v) is 4.61. The fraction of sp³-hybridized carbons (Fsp3) is 0.133. The first-order valence-electron chi connectivity index (χ1n) is 6.07. The number of aromatic nitrogens is 1. The zero-order chi connectivity index (χ0) is 14.3. The second-order valence-corrected chi connectivity index (χ2v) is 5.93. The summed E-state index contributed by atoms with van der Waals surface area (Å²) in [6.45, 7) is 2.02. The average Bonchev–Trinajstić information content (AvgIpc) is 2.80. The lowest BCUT2D eigenvalue weighted by molar-refractivity contribution is 0.555. The third-order valence-electron chi connectivity index (χ3n) is 3.21. The number of benzene rings is 2. The van der Waals surface area contributed by atoms with Crippen molar-refractivity contribution in [3.05, 3.63) is 68.1 Å². The fourth-order valence-corrected chi connectivity index (χ4v) is 2.66. The van der Waals surface area contributed by atoms with Crippen LogP contribution in [0.2, 0.25) is 0 Å². The van der Waals surface area contributed by atoms with Gasteiger partial charge in [-0.1, -0.05) is 34.1 Å². The lowest BCUT2D eigenvalue weighted by Gasteiger charge is -2.11. The summed E-state index contributed by atoms with van der Waals surface area (Å²) in [6.07, 6.45) is 0. The Hall–Kier alpha value is -1.52. The van der Waals surface area contributed by atoms with Crippen molar-refractivity contribution < 1.29 is 4.42 Å². The van der Waals surface area contributed by atoms with Gasteiger partial charge in [0.1, 0.15) is 0 Å². The van der Waals surface area contributed by atoms with Crippen molar-refractivity contribution in [2.24, 2.45) is 0 Å². The van der Waals surface area contributed by atoms with Crippen molar-refractivity contribution in [1.82, 2.24) is 4.98 Å². The number of rotatable bonds is 2. The van der Waals surface area contributed by atoms with Crippen LogP contribution in [0.25, 0.3) is 11.1 Å². The average molecular weight is 353 g/mol. The smallest absolute Gasteiger partial charge is 0.408 e. The Morgan fingerprint density at radius 2 is 1.90 bits per heavy atom. The number of hydrogen-bond acceptors (Lipinski definition) is 2. The van der Waals surface area contributed by atoms with Gasteiger partial charge in [0.2, 0.25) is 0 Å². The zero-order valence-electron chi connectivity index (χ0n) is 10.6.